The van der Waals surface area contributed by atoms with Crippen LogP contribution in [0.1, 0.15) is 20.0 Å². The molecule has 2 N–H and O–H groups in total. The van der Waals surface area contributed by atoms with Crippen LogP contribution in [0.15, 0.2) is 66.0 Å². The van der Waals surface area contributed by atoms with E-state index in [0.29, 0.717) is 22.1 Å². The van der Waals surface area contributed by atoms with Gasteiger partial charge in [0.1, 0.15) is 24.7 Å². The minimum atomic E-state index is -0.980. The van der Waals surface area contributed by atoms with Crippen LogP contribution in [0.5, 0.6) is 11.5 Å². The summed E-state index contributed by atoms with van der Waals surface area (Å²) in [6.07, 6.45) is 0. The van der Waals surface area contributed by atoms with Crippen LogP contribution in [0.3, 0.4) is 0 Å². The summed E-state index contributed by atoms with van der Waals surface area (Å²) < 4.78 is 11.2. The molecule has 1 amide bonds. The van der Waals surface area contributed by atoms with Gasteiger partial charge in [-0.3, -0.25) is 4.79 Å². The number of ether oxygens (including phenoxy) is 2. The number of carbonyl (C=O) groups excluding carboxylic acids is 1. The van der Waals surface area contributed by atoms with Crippen LogP contribution < -0.4 is 14.8 Å². The quantitative estimate of drug-likeness (QED) is 0.571. The first kappa shape index (κ1) is 18.5. The van der Waals surface area contributed by atoms with Crippen LogP contribution in [0, 0.1) is 0 Å². The van der Waals surface area contributed by atoms with Crippen LogP contribution in [-0.2, 0) is 0 Å². The third kappa shape index (κ3) is 5.08. The third-order valence-electron chi connectivity index (χ3n) is 3.59. The number of carboxylic acid groups (broad SMARTS) is 1. The maximum atomic E-state index is 12.2. The molecular weight excluding hydrogens is 366 g/mol. The Kier molecular flexibility index (Phi) is 6.06. The minimum Gasteiger partial charge on any atom is -0.490 e. The van der Waals surface area contributed by atoms with Crippen molar-refractivity contribution >= 4 is 28.9 Å². The molecule has 0 saturated carbocycles. The van der Waals surface area contributed by atoms with Gasteiger partial charge >= 0.3 is 5.97 Å². The molecule has 0 atom stereocenters. The molecule has 0 spiro atoms. The summed E-state index contributed by atoms with van der Waals surface area (Å²) in [5.74, 6) is -0.0583. The summed E-state index contributed by atoms with van der Waals surface area (Å²) in [6, 6.07) is 16.9. The van der Waals surface area contributed by atoms with Crippen molar-refractivity contribution in [3.63, 3.8) is 0 Å². The van der Waals surface area contributed by atoms with Gasteiger partial charge in [-0.25, -0.2) is 4.79 Å². The highest BCUT2D eigenvalue weighted by Gasteiger charge is 2.10. The van der Waals surface area contributed by atoms with E-state index in [1.807, 2.05) is 23.6 Å². The number of rotatable bonds is 8. The van der Waals surface area contributed by atoms with E-state index in [2.05, 4.69) is 5.32 Å². The number of para-hydroxylation sites is 2. The lowest BCUT2D eigenvalue weighted by atomic mass is 10.2. The van der Waals surface area contributed by atoms with Gasteiger partial charge in [0.25, 0.3) is 5.91 Å². The topological polar surface area (TPSA) is 84.9 Å². The second kappa shape index (κ2) is 8.86. The highest BCUT2D eigenvalue weighted by molar-refractivity contribution is 7.12. The molecule has 2 aromatic carbocycles. The van der Waals surface area contributed by atoms with Crippen molar-refractivity contribution in [3.8, 4) is 11.5 Å². The number of aromatic carboxylic acids is 1. The Balaban J connectivity index is 1.52. The fraction of sp³-hybridized carbons (Fsp3) is 0.100. The zero-order valence-corrected chi connectivity index (χ0v) is 15.1. The molecule has 0 unspecified atom stereocenters. The summed E-state index contributed by atoms with van der Waals surface area (Å²) >= 11 is 1.37. The van der Waals surface area contributed by atoms with Crippen LogP contribution >= 0.6 is 11.3 Å². The molecule has 138 valence electrons. The van der Waals surface area contributed by atoms with Crippen LogP contribution in [0.25, 0.3) is 0 Å². The molecule has 0 aliphatic carbocycles. The second-order valence-electron chi connectivity index (χ2n) is 5.45. The first-order chi connectivity index (χ1) is 13.1. The van der Waals surface area contributed by atoms with Crippen molar-refractivity contribution in [2.24, 2.45) is 0 Å². The number of nitrogens with one attached hydrogen (secondary N) is 1. The van der Waals surface area contributed by atoms with Gasteiger partial charge in [0.15, 0.2) is 0 Å². The molecule has 0 fully saturated rings. The van der Waals surface area contributed by atoms with Crippen LogP contribution in [-0.4, -0.2) is 30.2 Å². The molecule has 0 aliphatic rings. The van der Waals surface area contributed by atoms with Crippen LogP contribution in [0.4, 0.5) is 5.69 Å². The first-order valence-corrected chi connectivity index (χ1v) is 9.04. The van der Waals surface area contributed by atoms with Gasteiger partial charge in [0.05, 0.1) is 16.1 Å². The number of benzene rings is 2. The number of carboxylic acids is 1. The largest absolute Gasteiger partial charge is 0.490 e. The lowest BCUT2D eigenvalue weighted by molar-refractivity contribution is 0.0696. The SMILES string of the molecule is O=C(O)c1ccc(OCCOc2ccccc2NC(=O)c2cccs2)cc1. The summed E-state index contributed by atoms with van der Waals surface area (Å²) in [4.78, 5) is 23.6. The Labute approximate surface area is 160 Å². The van der Waals surface area contributed by atoms with Gasteiger partial charge in [-0.15, -0.1) is 11.3 Å². The molecule has 1 aromatic heterocycles. The second-order valence-corrected chi connectivity index (χ2v) is 6.40. The van der Waals surface area contributed by atoms with Gasteiger partial charge in [0.2, 0.25) is 0 Å². The van der Waals surface area contributed by atoms with E-state index >= 15 is 0 Å². The fourth-order valence-electron chi connectivity index (χ4n) is 2.29. The van der Waals surface area contributed by atoms with E-state index in [-0.39, 0.29) is 24.7 Å². The van der Waals surface area contributed by atoms with Gasteiger partial charge < -0.3 is 19.9 Å². The maximum absolute atomic E-state index is 12.2. The van der Waals surface area contributed by atoms with E-state index in [0.717, 1.165) is 0 Å². The Hall–Kier alpha value is -3.32. The van der Waals surface area contributed by atoms with Crippen molar-refractivity contribution in [2.45, 2.75) is 0 Å². The average molecular weight is 383 g/mol. The number of amides is 1. The number of anilines is 1. The molecular formula is C20H17NO5S. The number of hydrogen-bond acceptors (Lipinski definition) is 5. The summed E-state index contributed by atoms with van der Waals surface area (Å²) in [7, 11) is 0. The Morgan fingerprint density at radius 1 is 0.926 bits per heavy atom. The summed E-state index contributed by atoms with van der Waals surface area (Å²) in [6.45, 7) is 0.548. The van der Waals surface area contributed by atoms with Crippen molar-refractivity contribution in [2.75, 3.05) is 18.5 Å². The highest BCUT2D eigenvalue weighted by Crippen LogP contribution is 2.25. The Bertz CT molecular complexity index is 906. The Morgan fingerprint density at radius 3 is 2.37 bits per heavy atom. The third-order valence-corrected chi connectivity index (χ3v) is 4.46. The van der Waals surface area contributed by atoms with E-state index in [9.17, 15) is 9.59 Å². The Morgan fingerprint density at radius 2 is 1.67 bits per heavy atom. The minimum absolute atomic E-state index is 0.184. The molecule has 3 aromatic rings. The zero-order valence-electron chi connectivity index (χ0n) is 14.3. The summed E-state index contributed by atoms with van der Waals surface area (Å²) in [5.41, 5.74) is 0.788. The van der Waals surface area contributed by atoms with E-state index < -0.39 is 5.97 Å². The smallest absolute Gasteiger partial charge is 0.335 e. The predicted molar refractivity (Wildman–Crippen MR) is 103 cm³/mol. The number of thiophene rings is 1. The molecule has 3 rings (SSSR count). The molecule has 6 nitrogen and oxygen atoms in total. The molecule has 7 heteroatoms. The zero-order chi connectivity index (χ0) is 19.1. The van der Waals surface area contributed by atoms with Gasteiger partial charge in [-0.2, -0.15) is 0 Å². The number of carbonyl (C=O) groups is 2. The monoisotopic (exact) mass is 383 g/mol. The molecule has 0 radical (unpaired) electrons. The highest BCUT2D eigenvalue weighted by atomic mass is 32.1. The normalized spacial score (nSPS) is 10.2. The van der Waals surface area contributed by atoms with E-state index in [4.69, 9.17) is 14.6 Å². The first-order valence-electron chi connectivity index (χ1n) is 8.16. The number of hydrogen-bond donors (Lipinski definition) is 2. The summed E-state index contributed by atoms with van der Waals surface area (Å²) in [5, 5.41) is 13.6. The van der Waals surface area contributed by atoms with Crippen molar-refractivity contribution < 1.29 is 24.2 Å². The molecule has 27 heavy (non-hydrogen) atoms. The fourth-order valence-corrected chi connectivity index (χ4v) is 2.91. The maximum Gasteiger partial charge on any atom is 0.335 e. The van der Waals surface area contributed by atoms with Crippen molar-refractivity contribution in [1.82, 2.24) is 0 Å². The van der Waals surface area contributed by atoms with Crippen LogP contribution in [0.2, 0.25) is 0 Å². The van der Waals surface area contributed by atoms with E-state index in [1.54, 1.807) is 30.3 Å². The van der Waals surface area contributed by atoms with Crippen molar-refractivity contribution in [1.29, 1.82) is 0 Å². The van der Waals surface area contributed by atoms with Gasteiger partial charge in [-0.05, 0) is 47.8 Å². The average Bonchev–Trinajstić information content (AvgIpc) is 3.22. The van der Waals surface area contributed by atoms with Gasteiger partial charge in [-0.1, -0.05) is 18.2 Å². The molecule has 1 heterocycles. The standard InChI is InChI=1S/C20H17NO5S/c22-19(18-6-3-13-27-18)21-16-4-1-2-5-17(16)26-12-11-25-15-9-7-14(8-10-15)20(23)24/h1-10,13H,11-12H2,(H,21,22)(H,23,24). The molecule has 0 bridgehead atoms. The van der Waals surface area contributed by atoms with Crippen molar-refractivity contribution in [3.05, 3.63) is 76.5 Å². The molecule has 0 saturated heterocycles. The predicted octanol–water partition coefficient (Wildman–Crippen LogP) is 4.16. The lowest BCUT2D eigenvalue weighted by Crippen LogP contribution is -2.13. The molecule has 0 aliphatic heterocycles. The van der Waals surface area contributed by atoms with E-state index in [1.165, 1.54) is 23.5 Å². The van der Waals surface area contributed by atoms with Gasteiger partial charge in [0, 0.05) is 0 Å². The lowest BCUT2D eigenvalue weighted by Gasteiger charge is -2.12.